The maximum Gasteiger partial charge on any atom is 0.294 e. The first-order valence-corrected chi connectivity index (χ1v) is 6.82. The van der Waals surface area contributed by atoms with Crippen LogP contribution in [0.1, 0.15) is 42.4 Å². The van der Waals surface area contributed by atoms with Crippen LogP contribution < -0.4 is 0 Å². The van der Waals surface area contributed by atoms with Gasteiger partial charge in [-0.15, -0.1) is 9.78 Å². The Balaban J connectivity index is 2.17. The number of rotatable bonds is 5. The third-order valence-corrected chi connectivity index (χ3v) is 3.05. The van der Waals surface area contributed by atoms with Crippen molar-refractivity contribution in [3.8, 4) is 0 Å². The van der Waals surface area contributed by atoms with Gasteiger partial charge in [0.25, 0.3) is 10.7 Å². The summed E-state index contributed by atoms with van der Waals surface area (Å²) in [4.78, 5) is 12.3. The molecule has 1 aromatic heterocycles. The molecule has 0 atom stereocenters. The summed E-state index contributed by atoms with van der Waals surface area (Å²) >= 11 is 5.04. The Labute approximate surface area is 117 Å². The third-order valence-electron chi connectivity index (χ3n) is 2.80. The lowest BCUT2D eigenvalue weighted by Gasteiger charge is -1.97. The van der Waals surface area contributed by atoms with Crippen LogP contribution in [0.15, 0.2) is 34.7 Å². The fraction of sp³-hybridized carbons (Fsp3) is 0.357. The molecule has 0 unspecified atom stereocenters. The number of benzene rings is 1. The van der Waals surface area contributed by atoms with E-state index in [9.17, 15) is 4.79 Å². The molecule has 0 bridgehead atoms. The number of carbonyl (C=O) groups is 1. The maximum absolute atomic E-state index is 12.2. The van der Waals surface area contributed by atoms with Gasteiger partial charge in [-0.3, -0.25) is 4.79 Å². The van der Waals surface area contributed by atoms with Crippen LogP contribution in [0, 0.1) is 4.84 Å². The summed E-state index contributed by atoms with van der Waals surface area (Å²) in [6, 6.07) is 8.93. The summed E-state index contributed by atoms with van der Waals surface area (Å²) in [5, 5.41) is 4.15. The van der Waals surface area contributed by atoms with Gasteiger partial charge in [0.1, 0.15) is 0 Å². The van der Waals surface area contributed by atoms with E-state index in [1.807, 2.05) is 6.07 Å². The van der Waals surface area contributed by atoms with Gasteiger partial charge in [0.2, 0.25) is 5.89 Å². The lowest BCUT2D eigenvalue weighted by Crippen LogP contribution is -2.13. The molecule has 0 N–H and O–H groups in total. The zero-order valence-electron chi connectivity index (χ0n) is 10.8. The molecule has 19 heavy (non-hydrogen) atoms. The number of aromatic nitrogens is 2. The molecule has 0 aliphatic heterocycles. The number of unbranched alkanes of at least 4 members (excludes halogenated alkanes) is 2. The molecule has 2 rings (SSSR count). The maximum atomic E-state index is 12.2. The molecule has 0 amide bonds. The van der Waals surface area contributed by atoms with Crippen molar-refractivity contribution >= 4 is 18.1 Å². The molecule has 0 aliphatic carbocycles. The van der Waals surface area contributed by atoms with Gasteiger partial charge in [0, 0.05) is 12.0 Å². The number of nitrogens with zero attached hydrogens (tertiary/aromatic N) is 2. The highest BCUT2D eigenvalue weighted by Crippen LogP contribution is 2.08. The Morgan fingerprint density at radius 3 is 2.74 bits per heavy atom. The first-order valence-electron chi connectivity index (χ1n) is 6.41. The molecule has 100 valence electrons. The largest absolute Gasteiger partial charge is 0.414 e. The first kappa shape index (κ1) is 13.7. The number of hydrogen-bond acceptors (Lipinski definition) is 4. The molecule has 0 fully saturated rings. The van der Waals surface area contributed by atoms with Crippen LogP contribution in [0.2, 0.25) is 0 Å². The van der Waals surface area contributed by atoms with Gasteiger partial charge in [-0.1, -0.05) is 38.0 Å². The number of aryl methyl sites for hydroxylation is 1. The minimum atomic E-state index is -0.254. The number of carbonyl (C=O) groups excluding carboxylic acids is 1. The van der Waals surface area contributed by atoms with Gasteiger partial charge >= 0.3 is 0 Å². The lowest BCUT2D eigenvalue weighted by molar-refractivity contribution is 0.0940. The van der Waals surface area contributed by atoms with Crippen molar-refractivity contribution in [1.82, 2.24) is 9.78 Å². The Kier molecular flexibility index (Phi) is 4.63. The SMILES string of the molecule is CCCCCc1nn(C(=O)c2ccccc2)c(=S)o1. The van der Waals surface area contributed by atoms with E-state index in [0.717, 1.165) is 23.9 Å². The minimum absolute atomic E-state index is 0.111. The summed E-state index contributed by atoms with van der Waals surface area (Å²) in [5.74, 6) is 0.277. The van der Waals surface area contributed by atoms with Crippen molar-refractivity contribution in [3.63, 3.8) is 0 Å². The molecule has 0 spiro atoms. The average Bonchev–Trinajstić information content (AvgIpc) is 2.80. The van der Waals surface area contributed by atoms with Crippen LogP contribution in [-0.4, -0.2) is 15.7 Å². The summed E-state index contributed by atoms with van der Waals surface area (Å²) in [5.41, 5.74) is 0.548. The second-order valence-corrected chi connectivity index (χ2v) is 4.65. The molecule has 2 aromatic rings. The summed E-state index contributed by atoms with van der Waals surface area (Å²) in [6.07, 6.45) is 3.95. The van der Waals surface area contributed by atoms with Crippen LogP contribution in [0.3, 0.4) is 0 Å². The second-order valence-electron chi connectivity index (χ2n) is 4.30. The predicted octanol–water partition coefficient (Wildman–Crippen LogP) is 3.63. The summed E-state index contributed by atoms with van der Waals surface area (Å²) in [7, 11) is 0. The quantitative estimate of drug-likeness (QED) is 0.618. The Hall–Kier alpha value is -1.75. The normalized spacial score (nSPS) is 10.6. The van der Waals surface area contributed by atoms with Gasteiger partial charge in [-0.05, 0) is 30.8 Å². The van der Waals surface area contributed by atoms with Gasteiger partial charge in [0.15, 0.2) is 0 Å². The molecule has 4 nitrogen and oxygen atoms in total. The van der Waals surface area contributed by atoms with Crippen molar-refractivity contribution in [2.24, 2.45) is 0 Å². The van der Waals surface area contributed by atoms with Crippen LogP contribution in [0.5, 0.6) is 0 Å². The first-order chi connectivity index (χ1) is 9.22. The predicted molar refractivity (Wildman–Crippen MR) is 74.7 cm³/mol. The third kappa shape index (κ3) is 3.38. The highest BCUT2D eigenvalue weighted by atomic mass is 32.1. The van der Waals surface area contributed by atoms with Crippen molar-refractivity contribution in [2.45, 2.75) is 32.6 Å². The molecule has 0 aliphatic rings. The zero-order valence-corrected chi connectivity index (χ0v) is 11.7. The van der Waals surface area contributed by atoms with E-state index in [0.29, 0.717) is 17.9 Å². The fourth-order valence-electron chi connectivity index (χ4n) is 1.78. The van der Waals surface area contributed by atoms with Gasteiger partial charge in [-0.25, -0.2) is 0 Å². The molecular weight excluding hydrogens is 260 g/mol. The Morgan fingerprint density at radius 1 is 1.32 bits per heavy atom. The highest BCUT2D eigenvalue weighted by Gasteiger charge is 2.14. The molecule has 1 aromatic carbocycles. The monoisotopic (exact) mass is 276 g/mol. The summed E-state index contributed by atoms with van der Waals surface area (Å²) < 4.78 is 6.51. The zero-order chi connectivity index (χ0) is 13.7. The molecule has 0 saturated carbocycles. The minimum Gasteiger partial charge on any atom is -0.414 e. The summed E-state index contributed by atoms with van der Waals surface area (Å²) in [6.45, 7) is 2.13. The van der Waals surface area contributed by atoms with E-state index in [2.05, 4.69) is 12.0 Å². The molecular formula is C14H16N2O2S. The number of hydrogen-bond donors (Lipinski definition) is 0. The molecule has 0 saturated heterocycles. The second kappa shape index (κ2) is 6.43. The van der Waals surface area contributed by atoms with Crippen LogP contribution >= 0.6 is 12.2 Å². The van der Waals surface area contributed by atoms with Crippen molar-refractivity contribution in [2.75, 3.05) is 0 Å². The lowest BCUT2D eigenvalue weighted by atomic mass is 10.2. The topological polar surface area (TPSA) is 48.0 Å². The van der Waals surface area contributed by atoms with Crippen molar-refractivity contribution in [1.29, 1.82) is 0 Å². The van der Waals surface area contributed by atoms with Crippen LogP contribution in [0.4, 0.5) is 0 Å². The van der Waals surface area contributed by atoms with E-state index < -0.39 is 0 Å². The van der Waals surface area contributed by atoms with Gasteiger partial charge in [0.05, 0.1) is 0 Å². The van der Waals surface area contributed by atoms with E-state index in [1.54, 1.807) is 24.3 Å². The van der Waals surface area contributed by atoms with Crippen LogP contribution in [0.25, 0.3) is 0 Å². The molecule has 0 radical (unpaired) electrons. The van der Waals surface area contributed by atoms with E-state index in [4.69, 9.17) is 16.6 Å². The molecule has 1 heterocycles. The van der Waals surface area contributed by atoms with Crippen molar-refractivity contribution < 1.29 is 9.21 Å². The average molecular weight is 276 g/mol. The Bertz CT molecular complexity index is 601. The highest BCUT2D eigenvalue weighted by molar-refractivity contribution is 7.71. The van der Waals surface area contributed by atoms with Gasteiger partial charge in [-0.2, -0.15) is 0 Å². The standard InChI is InChI=1S/C14H16N2O2S/c1-2-3-5-10-12-15-16(14(19)18-12)13(17)11-8-6-4-7-9-11/h4,6-9H,2-3,5,10H2,1H3. The van der Waals surface area contributed by atoms with E-state index in [1.165, 1.54) is 0 Å². The van der Waals surface area contributed by atoms with Crippen molar-refractivity contribution in [3.05, 3.63) is 46.6 Å². The van der Waals surface area contributed by atoms with E-state index >= 15 is 0 Å². The molecule has 5 heteroatoms. The van der Waals surface area contributed by atoms with E-state index in [-0.39, 0.29) is 10.7 Å². The fourth-order valence-corrected chi connectivity index (χ4v) is 2.00. The van der Waals surface area contributed by atoms with Gasteiger partial charge < -0.3 is 4.42 Å². The Morgan fingerprint density at radius 2 is 2.05 bits per heavy atom. The van der Waals surface area contributed by atoms with Crippen LogP contribution in [-0.2, 0) is 6.42 Å². The smallest absolute Gasteiger partial charge is 0.294 e.